The summed E-state index contributed by atoms with van der Waals surface area (Å²) in [5.74, 6) is -1.32. The second-order valence-electron chi connectivity index (χ2n) is 5.09. The van der Waals surface area contributed by atoms with E-state index in [0.29, 0.717) is 27.3 Å². The number of anilines is 1. The quantitative estimate of drug-likeness (QED) is 0.731. The van der Waals surface area contributed by atoms with Gasteiger partial charge in [0.2, 0.25) is 0 Å². The zero-order valence-corrected chi connectivity index (χ0v) is 14.0. The Hall–Kier alpha value is -1.46. The van der Waals surface area contributed by atoms with Crippen LogP contribution in [0.25, 0.3) is 0 Å². The van der Waals surface area contributed by atoms with Crippen molar-refractivity contribution in [2.24, 2.45) is 4.99 Å². The van der Waals surface area contributed by atoms with Gasteiger partial charge >= 0.3 is 0 Å². The van der Waals surface area contributed by atoms with E-state index in [9.17, 15) is 8.78 Å². The number of fused-ring (bicyclic) bond motifs is 1. The van der Waals surface area contributed by atoms with Crippen LogP contribution in [0.2, 0.25) is 5.02 Å². The molecule has 1 N–H and O–H groups in total. The predicted octanol–water partition coefficient (Wildman–Crippen LogP) is 5.03. The molecule has 1 aliphatic heterocycles. The molecule has 1 atom stereocenters. The molecule has 3 rings (SSSR count). The van der Waals surface area contributed by atoms with Crippen molar-refractivity contribution in [1.29, 1.82) is 0 Å². The Morgan fingerprint density at radius 1 is 1.18 bits per heavy atom. The van der Waals surface area contributed by atoms with Crippen LogP contribution in [0, 0.1) is 11.6 Å². The van der Waals surface area contributed by atoms with Gasteiger partial charge in [-0.2, -0.15) is 0 Å². The second-order valence-corrected chi connectivity index (χ2v) is 6.32. The van der Waals surface area contributed by atoms with Gasteiger partial charge in [0.1, 0.15) is 11.6 Å². The molecule has 1 aliphatic rings. The number of hydrogen-bond donors (Lipinski definition) is 1. The fraction of sp³-hybridized carbons (Fsp3) is 0.188. The largest absolute Gasteiger partial charge is 0.382 e. The molecule has 114 valence electrons. The summed E-state index contributed by atoms with van der Waals surface area (Å²) in [5, 5.41) is 3.59. The smallest absolute Gasteiger partial charge is 0.135 e. The number of rotatable bonds is 1. The zero-order chi connectivity index (χ0) is 15.9. The molecule has 2 nitrogen and oxygen atoms in total. The van der Waals surface area contributed by atoms with E-state index in [4.69, 9.17) is 11.6 Å². The summed E-state index contributed by atoms with van der Waals surface area (Å²) < 4.78 is 29.1. The van der Waals surface area contributed by atoms with Gasteiger partial charge in [0, 0.05) is 22.3 Å². The van der Waals surface area contributed by atoms with E-state index in [1.807, 2.05) is 13.0 Å². The molecule has 1 unspecified atom stereocenters. The first-order chi connectivity index (χ1) is 10.5. The highest BCUT2D eigenvalue weighted by Crippen LogP contribution is 2.36. The molecule has 2 aromatic carbocycles. The molecule has 0 saturated carbocycles. The van der Waals surface area contributed by atoms with Gasteiger partial charge in [0.05, 0.1) is 22.3 Å². The summed E-state index contributed by atoms with van der Waals surface area (Å²) in [4.78, 5) is 4.48. The number of aliphatic imine (C=N–C) groups is 1. The highest BCUT2D eigenvalue weighted by atomic mass is 79.9. The Bertz CT molecular complexity index is 757. The Morgan fingerprint density at radius 3 is 2.55 bits per heavy atom. The van der Waals surface area contributed by atoms with Crippen molar-refractivity contribution in [2.75, 3.05) is 11.9 Å². The Labute approximate surface area is 140 Å². The van der Waals surface area contributed by atoms with Crippen LogP contribution in [0.1, 0.15) is 18.1 Å². The van der Waals surface area contributed by atoms with Crippen molar-refractivity contribution in [3.8, 4) is 0 Å². The van der Waals surface area contributed by atoms with Crippen LogP contribution in [0.3, 0.4) is 0 Å². The van der Waals surface area contributed by atoms with Gasteiger partial charge in [-0.15, -0.1) is 0 Å². The van der Waals surface area contributed by atoms with Crippen molar-refractivity contribution in [3.05, 3.63) is 62.6 Å². The second kappa shape index (κ2) is 5.97. The van der Waals surface area contributed by atoms with Crippen LogP contribution < -0.4 is 5.32 Å². The first-order valence-electron chi connectivity index (χ1n) is 6.73. The summed E-state index contributed by atoms with van der Waals surface area (Å²) in [6.07, 6.45) is 0. The average molecular weight is 386 g/mol. The molecule has 0 bridgehead atoms. The van der Waals surface area contributed by atoms with E-state index in [0.717, 1.165) is 0 Å². The third-order valence-electron chi connectivity index (χ3n) is 3.47. The number of benzodiazepines with no additional fused rings is 1. The lowest BCUT2D eigenvalue weighted by Crippen LogP contribution is -2.13. The number of nitrogens with zero attached hydrogens (tertiary/aromatic N) is 1. The Balaban J connectivity index is 2.33. The normalized spacial score (nSPS) is 17.3. The Morgan fingerprint density at radius 2 is 1.86 bits per heavy atom. The summed E-state index contributed by atoms with van der Waals surface area (Å²) in [6.45, 7) is 2.44. The molecule has 0 radical (unpaired) electrons. The van der Waals surface area contributed by atoms with Crippen molar-refractivity contribution in [3.63, 3.8) is 0 Å². The third kappa shape index (κ3) is 2.63. The van der Waals surface area contributed by atoms with Gasteiger partial charge in [-0.1, -0.05) is 17.7 Å². The summed E-state index contributed by atoms with van der Waals surface area (Å²) in [6, 6.07) is 7.23. The van der Waals surface area contributed by atoms with Crippen LogP contribution in [-0.4, -0.2) is 18.3 Å². The lowest BCUT2D eigenvalue weighted by Gasteiger charge is -2.14. The van der Waals surface area contributed by atoms with Crippen molar-refractivity contribution in [1.82, 2.24) is 0 Å². The molecule has 0 aliphatic carbocycles. The number of benzene rings is 2. The number of halogens is 4. The fourth-order valence-corrected chi connectivity index (χ4v) is 3.02. The molecule has 0 amide bonds. The van der Waals surface area contributed by atoms with Crippen LogP contribution in [0.5, 0.6) is 0 Å². The minimum atomic E-state index is -0.658. The third-order valence-corrected chi connectivity index (χ3v) is 4.75. The predicted molar refractivity (Wildman–Crippen MR) is 89.1 cm³/mol. The van der Waals surface area contributed by atoms with Crippen LogP contribution in [0.15, 0.2) is 39.8 Å². The van der Waals surface area contributed by atoms with E-state index in [-0.39, 0.29) is 17.3 Å². The lowest BCUT2D eigenvalue weighted by molar-refractivity contribution is 0.578. The number of hydrogen-bond acceptors (Lipinski definition) is 2. The molecule has 6 heteroatoms. The molecule has 0 spiro atoms. The van der Waals surface area contributed by atoms with E-state index >= 15 is 0 Å². The van der Waals surface area contributed by atoms with Crippen LogP contribution in [-0.2, 0) is 0 Å². The van der Waals surface area contributed by atoms with E-state index < -0.39 is 11.6 Å². The van der Waals surface area contributed by atoms with Crippen molar-refractivity contribution >= 4 is 38.9 Å². The molecule has 2 aromatic rings. The molecular weight excluding hydrogens is 374 g/mol. The molecular formula is C16H12BrClF2N2. The highest BCUT2D eigenvalue weighted by molar-refractivity contribution is 9.10. The van der Waals surface area contributed by atoms with Gasteiger partial charge in [0.25, 0.3) is 0 Å². The first-order valence-corrected chi connectivity index (χ1v) is 7.90. The molecule has 0 fully saturated rings. The fourth-order valence-electron chi connectivity index (χ4n) is 2.43. The van der Waals surface area contributed by atoms with Gasteiger partial charge in [0.15, 0.2) is 0 Å². The molecule has 22 heavy (non-hydrogen) atoms. The molecule has 0 aromatic heterocycles. The van der Waals surface area contributed by atoms with Crippen molar-refractivity contribution < 1.29 is 8.78 Å². The van der Waals surface area contributed by atoms with Crippen LogP contribution in [0.4, 0.5) is 14.5 Å². The zero-order valence-electron chi connectivity index (χ0n) is 11.6. The first kappa shape index (κ1) is 15.4. The lowest BCUT2D eigenvalue weighted by atomic mass is 9.99. The van der Waals surface area contributed by atoms with Crippen molar-refractivity contribution in [2.45, 2.75) is 13.0 Å². The van der Waals surface area contributed by atoms with Gasteiger partial charge in [-0.05, 0) is 47.1 Å². The summed E-state index contributed by atoms with van der Waals surface area (Å²) in [5.41, 5.74) is 1.29. The van der Waals surface area contributed by atoms with Gasteiger partial charge in [-0.25, -0.2) is 8.78 Å². The van der Waals surface area contributed by atoms with E-state index in [1.165, 1.54) is 18.2 Å². The summed E-state index contributed by atoms with van der Waals surface area (Å²) in [7, 11) is 0. The van der Waals surface area contributed by atoms with Gasteiger partial charge in [-0.3, -0.25) is 4.99 Å². The van der Waals surface area contributed by atoms with E-state index in [1.54, 1.807) is 6.07 Å². The minimum Gasteiger partial charge on any atom is -0.382 e. The topological polar surface area (TPSA) is 24.4 Å². The highest BCUT2D eigenvalue weighted by Gasteiger charge is 2.25. The molecule has 1 heterocycles. The maximum absolute atomic E-state index is 14.2. The number of nitrogens with one attached hydrogen (secondary N) is 1. The standard InChI is InChI=1S/C16H12BrClF2N2/c1-8-7-21-12-6-5-9(17)15(18)14(12)16(22-8)13-10(19)3-2-4-11(13)20/h2-6,8,21H,7H2,1H3. The maximum Gasteiger partial charge on any atom is 0.135 e. The molecule has 0 saturated heterocycles. The maximum atomic E-state index is 14.2. The SMILES string of the molecule is CC1CNc2ccc(Br)c(Cl)c2C(c2c(F)cccc2F)=N1. The summed E-state index contributed by atoms with van der Waals surface area (Å²) >= 11 is 9.72. The van der Waals surface area contributed by atoms with E-state index in [2.05, 4.69) is 26.2 Å². The monoisotopic (exact) mass is 384 g/mol. The Kier molecular flexibility index (Phi) is 4.19. The average Bonchev–Trinajstić information content (AvgIpc) is 2.63. The minimum absolute atomic E-state index is 0.142. The van der Waals surface area contributed by atoms with Gasteiger partial charge < -0.3 is 5.32 Å². The van der Waals surface area contributed by atoms with Crippen LogP contribution >= 0.6 is 27.5 Å².